The van der Waals surface area contributed by atoms with E-state index < -0.39 is 10.9 Å². The van der Waals surface area contributed by atoms with Gasteiger partial charge in [-0.2, -0.15) is 0 Å². The van der Waals surface area contributed by atoms with Gasteiger partial charge in [-0.3, -0.25) is 0 Å². The molecule has 7 heteroatoms. The molecule has 0 aliphatic heterocycles. The normalized spacial score (nSPS) is 11.8. The minimum atomic E-state index is -0.669. The number of nitrogens with one attached hydrogen (secondary N) is 1. The lowest BCUT2D eigenvalue weighted by Gasteiger charge is -2.05. The van der Waals surface area contributed by atoms with Crippen LogP contribution in [0.2, 0.25) is 0 Å². The number of hydrogen-bond acceptors (Lipinski definition) is 5. The highest BCUT2D eigenvalue weighted by Gasteiger charge is 2.14. The third-order valence-corrected chi connectivity index (χ3v) is 3.59. The van der Waals surface area contributed by atoms with Crippen LogP contribution < -0.4 is 5.43 Å². The fraction of sp³-hybridized carbons (Fsp3) is 0.235. The van der Waals surface area contributed by atoms with E-state index in [1.807, 2.05) is 64.1 Å². The first-order valence-electron chi connectivity index (χ1n) is 7.42. The van der Waals surface area contributed by atoms with Crippen LogP contribution in [0.5, 0.6) is 0 Å². The van der Waals surface area contributed by atoms with Gasteiger partial charge >= 0.3 is 5.96 Å². The van der Waals surface area contributed by atoms with E-state index in [9.17, 15) is 10.1 Å². The number of anilines is 1. The van der Waals surface area contributed by atoms with Gasteiger partial charge in [0.25, 0.3) is 0 Å². The highest BCUT2D eigenvalue weighted by atomic mass is 16.6. The molecule has 0 radical (unpaired) electrons. The van der Waals surface area contributed by atoms with E-state index in [1.165, 1.54) is 0 Å². The largest absolute Gasteiger partial charge is 0.511 e. The second-order valence-electron chi connectivity index (χ2n) is 5.49. The van der Waals surface area contributed by atoms with Crippen LogP contribution in [0.3, 0.4) is 0 Å². The van der Waals surface area contributed by atoms with Crippen LogP contribution in [0.25, 0.3) is 0 Å². The van der Waals surface area contributed by atoms with Crippen molar-refractivity contribution in [2.75, 3.05) is 5.43 Å². The van der Waals surface area contributed by atoms with Crippen molar-refractivity contribution in [2.45, 2.75) is 27.7 Å². The number of azo groups is 1. The molecule has 24 heavy (non-hydrogen) atoms. The first kappa shape index (κ1) is 17.3. The molecule has 0 saturated carbocycles. The number of benzene rings is 2. The topological polar surface area (TPSA) is 92.2 Å². The molecule has 0 spiro atoms. The van der Waals surface area contributed by atoms with E-state index in [0.717, 1.165) is 27.9 Å². The van der Waals surface area contributed by atoms with Crippen LogP contribution in [-0.2, 0) is 0 Å². The molecule has 0 amide bonds. The smallest absolute Gasteiger partial charge is 0.390 e. The Labute approximate surface area is 140 Å². The average molecular weight is 325 g/mol. The molecule has 0 aliphatic rings. The first-order valence-corrected chi connectivity index (χ1v) is 7.42. The summed E-state index contributed by atoms with van der Waals surface area (Å²) in [6.45, 7) is 7.54. The van der Waals surface area contributed by atoms with Gasteiger partial charge < -0.3 is 10.1 Å². The molecule has 1 N–H and O–H groups in total. The molecule has 2 aromatic rings. The van der Waals surface area contributed by atoms with E-state index in [-0.39, 0.29) is 0 Å². The van der Waals surface area contributed by atoms with Crippen molar-refractivity contribution in [2.24, 2.45) is 15.3 Å². The summed E-state index contributed by atoms with van der Waals surface area (Å²) in [5.74, 6) is -0.597. The van der Waals surface area contributed by atoms with Crippen LogP contribution in [0.15, 0.2) is 51.7 Å². The van der Waals surface area contributed by atoms with Gasteiger partial charge in [-0.15, -0.1) is 0 Å². The fourth-order valence-corrected chi connectivity index (χ4v) is 2.25. The molecule has 0 aliphatic carbocycles. The van der Waals surface area contributed by atoms with Gasteiger partial charge in [-0.05, 0) is 54.9 Å². The SMILES string of the molecule is Cc1cccc(C)c1N=N/C(=N/Nc1c(C)cccc1C)[N+](=O)[O-]. The van der Waals surface area contributed by atoms with Crippen molar-refractivity contribution in [3.05, 3.63) is 68.8 Å². The molecule has 0 aromatic heterocycles. The second-order valence-corrected chi connectivity index (χ2v) is 5.49. The molecule has 0 fully saturated rings. The van der Waals surface area contributed by atoms with Crippen molar-refractivity contribution in [1.29, 1.82) is 0 Å². The molecule has 0 unspecified atom stereocenters. The van der Waals surface area contributed by atoms with Crippen molar-refractivity contribution in [3.63, 3.8) is 0 Å². The van der Waals surface area contributed by atoms with E-state index in [2.05, 4.69) is 20.8 Å². The van der Waals surface area contributed by atoms with E-state index in [1.54, 1.807) is 0 Å². The maximum Gasteiger partial charge on any atom is 0.511 e. The lowest BCUT2D eigenvalue weighted by molar-refractivity contribution is -0.352. The molecular weight excluding hydrogens is 306 g/mol. The van der Waals surface area contributed by atoms with Gasteiger partial charge in [-0.1, -0.05) is 41.5 Å². The zero-order chi connectivity index (χ0) is 17.7. The van der Waals surface area contributed by atoms with Gasteiger partial charge in [0.2, 0.25) is 0 Å². The Kier molecular flexibility index (Phi) is 5.36. The molecule has 124 valence electrons. The number of para-hydroxylation sites is 1. The summed E-state index contributed by atoms with van der Waals surface area (Å²) in [5, 5.41) is 22.7. The van der Waals surface area contributed by atoms with E-state index in [0.29, 0.717) is 5.69 Å². The number of aryl methyl sites for hydroxylation is 4. The Bertz CT molecular complexity index is 787. The van der Waals surface area contributed by atoms with Gasteiger partial charge in [0.1, 0.15) is 5.69 Å². The number of nitrogens with zero attached hydrogens (tertiary/aromatic N) is 4. The summed E-state index contributed by atoms with van der Waals surface area (Å²) in [4.78, 5) is 10.5. The molecule has 0 saturated heterocycles. The number of hydrogen-bond donors (Lipinski definition) is 1. The average Bonchev–Trinajstić information content (AvgIpc) is 2.51. The second kappa shape index (κ2) is 7.45. The summed E-state index contributed by atoms with van der Waals surface area (Å²) >= 11 is 0. The number of guanidine groups is 1. The van der Waals surface area contributed by atoms with Crippen molar-refractivity contribution >= 4 is 17.3 Å². The molecular formula is C17H19N5O2. The third kappa shape index (κ3) is 4.01. The Morgan fingerprint density at radius 2 is 1.46 bits per heavy atom. The number of nitro groups is 1. The zero-order valence-corrected chi connectivity index (χ0v) is 14.1. The zero-order valence-electron chi connectivity index (χ0n) is 14.1. The van der Waals surface area contributed by atoms with Gasteiger partial charge in [0, 0.05) is 5.10 Å². The number of rotatable bonds is 3. The third-order valence-electron chi connectivity index (χ3n) is 3.59. The van der Waals surface area contributed by atoms with Gasteiger partial charge in [0.15, 0.2) is 0 Å². The predicted octanol–water partition coefficient (Wildman–Crippen LogP) is 4.66. The quantitative estimate of drug-likeness (QED) is 0.292. The summed E-state index contributed by atoms with van der Waals surface area (Å²) in [5.41, 5.74) is 7.71. The van der Waals surface area contributed by atoms with Crippen molar-refractivity contribution in [3.8, 4) is 0 Å². The monoisotopic (exact) mass is 325 g/mol. The highest BCUT2D eigenvalue weighted by molar-refractivity contribution is 5.74. The molecule has 2 aromatic carbocycles. The minimum absolute atomic E-state index is 0.597. The highest BCUT2D eigenvalue weighted by Crippen LogP contribution is 2.23. The minimum Gasteiger partial charge on any atom is -0.390 e. The standard InChI is InChI=1S/C17H19N5O2/c1-11-7-5-8-12(2)15(11)18-20-17(22(23)24)21-19-16-13(3)9-6-10-14(16)4/h5-10,18H,1-4H3/b20-17-,21-19?. The van der Waals surface area contributed by atoms with Crippen LogP contribution >= 0.6 is 0 Å². The summed E-state index contributed by atoms with van der Waals surface area (Å²) < 4.78 is 0. The van der Waals surface area contributed by atoms with Crippen molar-refractivity contribution in [1.82, 2.24) is 0 Å². The lowest BCUT2D eigenvalue weighted by atomic mass is 10.1. The summed E-state index contributed by atoms with van der Waals surface area (Å²) in [6.07, 6.45) is 0. The Hall–Kier alpha value is -3.09. The number of hydrazone groups is 1. The van der Waals surface area contributed by atoms with Crippen LogP contribution in [-0.4, -0.2) is 10.9 Å². The Morgan fingerprint density at radius 3 is 1.96 bits per heavy atom. The maximum absolute atomic E-state index is 11.2. The van der Waals surface area contributed by atoms with Gasteiger partial charge in [0.05, 0.1) is 10.8 Å². The fourth-order valence-electron chi connectivity index (χ4n) is 2.25. The Balaban J connectivity index is 2.30. The van der Waals surface area contributed by atoms with Crippen LogP contribution in [0.1, 0.15) is 22.3 Å². The molecule has 7 nitrogen and oxygen atoms in total. The van der Waals surface area contributed by atoms with Gasteiger partial charge in [-0.25, -0.2) is 5.43 Å². The Morgan fingerprint density at radius 1 is 0.958 bits per heavy atom. The summed E-state index contributed by atoms with van der Waals surface area (Å²) in [7, 11) is 0. The predicted molar refractivity (Wildman–Crippen MR) is 94.4 cm³/mol. The first-order chi connectivity index (χ1) is 11.4. The molecule has 0 bridgehead atoms. The maximum atomic E-state index is 11.2. The molecule has 0 atom stereocenters. The van der Waals surface area contributed by atoms with Crippen LogP contribution in [0, 0.1) is 37.8 Å². The van der Waals surface area contributed by atoms with E-state index in [4.69, 9.17) is 0 Å². The summed E-state index contributed by atoms with van der Waals surface area (Å²) in [6, 6.07) is 11.4. The van der Waals surface area contributed by atoms with E-state index >= 15 is 0 Å². The molecule has 2 rings (SSSR count). The molecule has 0 heterocycles. The van der Waals surface area contributed by atoms with Crippen LogP contribution in [0.4, 0.5) is 11.4 Å². The van der Waals surface area contributed by atoms with Crippen molar-refractivity contribution < 1.29 is 4.92 Å². The lowest BCUT2D eigenvalue weighted by Crippen LogP contribution is -2.11.